The van der Waals surface area contributed by atoms with Crippen LogP contribution < -0.4 is 4.90 Å². The van der Waals surface area contributed by atoms with Gasteiger partial charge in [0.1, 0.15) is 5.82 Å². The number of anilines is 1. The summed E-state index contributed by atoms with van der Waals surface area (Å²) >= 11 is 6.38. The molecule has 0 saturated carbocycles. The van der Waals surface area contributed by atoms with Crippen LogP contribution in [0.4, 0.5) is 36.4 Å². The van der Waals surface area contributed by atoms with Crippen molar-refractivity contribution in [1.29, 1.82) is 0 Å². The van der Waals surface area contributed by atoms with Crippen molar-refractivity contribution in [2.45, 2.75) is 24.5 Å². The van der Waals surface area contributed by atoms with Crippen molar-refractivity contribution in [3.63, 3.8) is 0 Å². The molecule has 0 radical (unpaired) electrons. The Morgan fingerprint density at radius 2 is 1.85 bits per heavy atom. The number of nitrogens with zero attached hydrogens (tertiary/aromatic N) is 2. The molecule has 1 aromatic carbocycles. The van der Waals surface area contributed by atoms with Gasteiger partial charge in [-0.25, -0.2) is 4.39 Å². The van der Waals surface area contributed by atoms with Crippen LogP contribution in [-0.4, -0.2) is 35.2 Å². The van der Waals surface area contributed by atoms with Crippen LogP contribution in [0.2, 0.25) is 5.02 Å². The molecule has 0 aromatic heterocycles. The summed E-state index contributed by atoms with van der Waals surface area (Å²) in [5.41, 5.74) is -0.444. The van der Waals surface area contributed by atoms with Crippen LogP contribution in [0.3, 0.4) is 0 Å². The Bertz CT molecular complexity index is 721. The molecule has 1 amide bonds. The number of hydrogen-bond donors (Lipinski definition) is 0. The van der Waals surface area contributed by atoms with Crippen molar-refractivity contribution in [2.24, 2.45) is 10.9 Å². The van der Waals surface area contributed by atoms with Crippen LogP contribution in [0, 0.1) is 11.7 Å². The van der Waals surface area contributed by atoms with Crippen LogP contribution in [-0.2, 0) is 4.79 Å². The maximum Gasteiger partial charge on any atom is 0.409 e. The number of amides is 1. The fourth-order valence-corrected chi connectivity index (χ4v) is 3.27. The van der Waals surface area contributed by atoms with Crippen LogP contribution in [0.15, 0.2) is 23.2 Å². The first kappa shape index (κ1) is 20.8. The zero-order valence-corrected chi connectivity index (χ0v) is 14.4. The Labute approximate surface area is 152 Å². The molecular formula is C14H10ClF7N2OS. The molecule has 1 atom stereocenters. The number of thioether (sulfide) groups is 1. The first-order valence-corrected chi connectivity index (χ1v) is 8.21. The molecule has 1 aliphatic heterocycles. The summed E-state index contributed by atoms with van der Waals surface area (Å²) in [5, 5.41) is -1.16. The quantitative estimate of drug-likeness (QED) is 0.625. The van der Waals surface area contributed by atoms with E-state index >= 15 is 0 Å². The predicted molar refractivity (Wildman–Crippen MR) is 83.9 cm³/mol. The molecule has 0 aliphatic carbocycles. The summed E-state index contributed by atoms with van der Waals surface area (Å²) in [5.74, 6) is -7.48. The lowest BCUT2D eigenvalue weighted by atomic mass is 10.1. The molecule has 3 nitrogen and oxygen atoms in total. The number of aliphatic imine (C=N–C) groups is 1. The first-order valence-electron chi connectivity index (χ1n) is 6.96. The smallest absolute Gasteiger partial charge is 0.273 e. The molecule has 2 rings (SSSR count). The van der Waals surface area contributed by atoms with Crippen molar-refractivity contribution in [3.8, 4) is 0 Å². The Morgan fingerprint density at radius 1 is 1.27 bits per heavy atom. The van der Waals surface area contributed by atoms with E-state index in [4.69, 9.17) is 11.6 Å². The van der Waals surface area contributed by atoms with E-state index in [1.807, 2.05) is 0 Å². The van der Waals surface area contributed by atoms with Gasteiger partial charge in [-0.15, -0.1) is 0 Å². The van der Waals surface area contributed by atoms with Gasteiger partial charge in [-0.05, 0) is 18.2 Å². The summed E-state index contributed by atoms with van der Waals surface area (Å²) in [6, 6.07) is 2.36. The van der Waals surface area contributed by atoms with E-state index in [-0.39, 0.29) is 21.9 Å². The Balaban J connectivity index is 2.56. The predicted octanol–water partition coefficient (Wildman–Crippen LogP) is 5.04. The Morgan fingerprint density at radius 3 is 2.27 bits per heavy atom. The molecule has 12 heteroatoms. The van der Waals surface area contributed by atoms with Gasteiger partial charge in [0.2, 0.25) is 5.92 Å². The fraction of sp³-hybridized carbons (Fsp3) is 0.429. The lowest BCUT2D eigenvalue weighted by Crippen LogP contribution is -2.51. The topological polar surface area (TPSA) is 32.7 Å². The van der Waals surface area contributed by atoms with E-state index in [9.17, 15) is 35.5 Å². The Kier molecular flexibility index (Phi) is 5.81. The third-order valence-electron chi connectivity index (χ3n) is 3.26. The van der Waals surface area contributed by atoms with E-state index in [2.05, 4.69) is 4.99 Å². The minimum absolute atomic E-state index is 0.0986. The molecule has 1 heterocycles. The van der Waals surface area contributed by atoms with Crippen molar-refractivity contribution in [1.82, 2.24) is 0 Å². The van der Waals surface area contributed by atoms with Gasteiger partial charge >= 0.3 is 12.4 Å². The molecule has 26 heavy (non-hydrogen) atoms. The van der Waals surface area contributed by atoms with Crippen LogP contribution in [0.25, 0.3) is 0 Å². The highest BCUT2D eigenvalue weighted by Gasteiger charge is 2.62. The molecule has 0 saturated heterocycles. The highest BCUT2D eigenvalue weighted by atomic mass is 35.5. The van der Waals surface area contributed by atoms with Crippen molar-refractivity contribution in [3.05, 3.63) is 29.0 Å². The van der Waals surface area contributed by atoms with Gasteiger partial charge in [0, 0.05) is 5.25 Å². The van der Waals surface area contributed by atoms with E-state index in [1.54, 1.807) is 6.92 Å². The molecule has 144 valence electrons. The second-order valence-electron chi connectivity index (χ2n) is 5.34. The number of carbonyl (C=O) groups excluding carboxylic acids is 1. The van der Waals surface area contributed by atoms with Crippen molar-refractivity contribution in [2.75, 3.05) is 11.4 Å². The van der Waals surface area contributed by atoms with Crippen LogP contribution in [0.1, 0.15) is 6.92 Å². The third kappa shape index (κ3) is 4.43. The molecule has 1 aromatic rings. The van der Waals surface area contributed by atoms with E-state index in [0.29, 0.717) is 0 Å². The zero-order chi connectivity index (χ0) is 19.9. The minimum Gasteiger partial charge on any atom is -0.273 e. The minimum atomic E-state index is -5.87. The summed E-state index contributed by atoms with van der Waals surface area (Å²) in [6.07, 6.45) is -11.7. The van der Waals surface area contributed by atoms with E-state index in [1.165, 1.54) is 0 Å². The van der Waals surface area contributed by atoms with Gasteiger partial charge in [-0.2, -0.15) is 26.3 Å². The molecule has 0 N–H and O–H groups in total. The van der Waals surface area contributed by atoms with Crippen molar-refractivity contribution >= 4 is 40.1 Å². The molecular weight excluding hydrogens is 413 g/mol. The van der Waals surface area contributed by atoms with Gasteiger partial charge in [0.15, 0.2) is 5.17 Å². The number of rotatable bonds is 2. The van der Waals surface area contributed by atoms with Gasteiger partial charge in [-0.3, -0.25) is 14.7 Å². The summed E-state index contributed by atoms with van der Waals surface area (Å²) in [7, 11) is 0. The number of halogens is 8. The molecule has 0 bridgehead atoms. The van der Waals surface area contributed by atoms with Crippen LogP contribution >= 0.6 is 23.4 Å². The number of hydrogen-bond acceptors (Lipinski definition) is 3. The third-order valence-corrected chi connectivity index (χ3v) is 4.63. The van der Waals surface area contributed by atoms with E-state index in [0.717, 1.165) is 30.0 Å². The largest absolute Gasteiger partial charge is 0.409 e. The number of amidine groups is 1. The second-order valence-corrected chi connectivity index (χ2v) is 7.15. The summed E-state index contributed by atoms with van der Waals surface area (Å²) < 4.78 is 91.0. The first-order chi connectivity index (χ1) is 11.8. The standard InChI is InChI=1S/C14H10ClF7N2OS/c1-6-5-23-12(26-6)24(7-2-3-9(16)8(15)4-7)11(25)10(13(17,18)19)14(20,21)22/h2-4,6,10H,5H2,1H3/t6-/m1/s1. The molecule has 0 unspecified atom stereocenters. The maximum absolute atomic E-state index is 13.3. The summed E-state index contributed by atoms with van der Waals surface area (Å²) in [4.78, 5) is 16.3. The average molecular weight is 423 g/mol. The monoisotopic (exact) mass is 422 g/mol. The normalized spacial score (nSPS) is 18.2. The highest BCUT2D eigenvalue weighted by molar-refractivity contribution is 8.15. The molecule has 1 aliphatic rings. The van der Waals surface area contributed by atoms with Gasteiger partial charge in [0.05, 0.1) is 17.3 Å². The number of alkyl halides is 6. The lowest BCUT2D eigenvalue weighted by Gasteiger charge is -2.29. The number of carbonyl (C=O) groups is 1. The molecule has 0 fully saturated rings. The van der Waals surface area contributed by atoms with Crippen LogP contribution in [0.5, 0.6) is 0 Å². The van der Waals surface area contributed by atoms with Crippen molar-refractivity contribution < 1.29 is 35.5 Å². The van der Waals surface area contributed by atoms with Gasteiger partial charge < -0.3 is 0 Å². The zero-order valence-electron chi connectivity index (χ0n) is 12.8. The van der Waals surface area contributed by atoms with E-state index < -0.39 is 40.7 Å². The Hall–Kier alpha value is -1.49. The maximum atomic E-state index is 13.3. The lowest BCUT2D eigenvalue weighted by molar-refractivity contribution is -0.273. The number of benzene rings is 1. The highest BCUT2D eigenvalue weighted by Crippen LogP contribution is 2.42. The fourth-order valence-electron chi connectivity index (χ4n) is 2.14. The SMILES string of the molecule is C[C@@H]1CN=C(N(C(=O)C(C(F)(F)F)C(F)(F)F)c2ccc(F)c(Cl)c2)S1. The molecule has 0 spiro atoms. The van der Waals surface area contributed by atoms with Gasteiger partial charge in [-0.1, -0.05) is 30.3 Å². The average Bonchev–Trinajstić information content (AvgIpc) is 2.86. The van der Waals surface area contributed by atoms with Gasteiger partial charge in [0.25, 0.3) is 5.91 Å². The summed E-state index contributed by atoms with van der Waals surface area (Å²) in [6.45, 7) is 1.73. The second kappa shape index (κ2) is 7.26.